The molecule has 1 aromatic heterocycles. The number of halogens is 3. The van der Waals surface area contributed by atoms with Crippen molar-refractivity contribution in [2.45, 2.75) is 31.3 Å². The van der Waals surface area contributed by atoms with Crippen molar-refractivity contribution in [3.8, 4) is 0 Å². The Labute approximate surface area is 226 Å². The second-order valence-corrected chi connectivity index (χ2v) is 10.8. The van der Waals surface area contributed by atoms with Crippen molar-refractivity contribution in [2.24, 2.45) is 0 Å². The van der Waals surface area contributed by atoms with Crippen LogP contribution in [0.2, 0.25) is 15.2 Å². The van der Waals surface area contributed by atoms with Gasteiger partial charge in [0.15, 0.2) is 0 Å². The molecule has 36 heavy (non-hydrogen) atoms. The summed E-state index contributed by atoms with van der Waals surface area (Å²) in [5, 5.41) is 4.91. The van der Waals surface area contributed by atoms with E-state index in [1.54, 1.807) is 12.3 Å². The first-order valence-corrected chi connectivity index (χ1v) is 13.1. The van der Waals surface area contributed by atoms with Gasteiger partial charge < -0.3 is 5.32 Å². The molecule has 2 aromatic carbocycles. The number of urea groups is 1. The molecule has 0 aliphatic carbocycles. The molecule has 3 heterocycles. The molecule has 1 N–H and O–H groups in total. The number of carbonyl (C=O) groups excluding carboxylic acids is 1. The molecule has 186 valence electrons. The van der Waals surface area contributed by atoms with E-state index >= 15 is 0 Å². The lowest BCUT2D eigenvalue weighted by Gasteiger charge is -2.46. The van der Waals surface area contributed by atoms with Crippen LogP contribution in [-0.4, -0.2) is 41.1 Å². The highest BCUT2D eigenvalue weighted by Crippen LogP contribution is 2.52. The third-order valence-electron chi connectivity index (χ3n) is 7.22. The number of carbonyl (C=O) groups is 1. The number of hydrogen-bond donors (Lipinski definition) is 1. The Balaban J connectivity index is 1.33. The van der Waals surface area contributed by atoms with Gasteiger partial charge in [-0.25, -0.2) is 9.78 Å². The van der Waals surface area contributed by atoms with Crippen LogP contribution in [0.25, 0.3) is 6.08 Å². The van der Waals surface area contributed by atoms with Crippen molar-refractivity contribution in [3.63, 3.8) is 0 Å². The number of piperidine rings is 1. The number of likely N-dealkylation sites (tertiary alicyclic amines) is 1. The molecule has 5 nitrogen and oxygen atoms in total. The summed E-state index contributed by atoms with van der Waals surface area (Å²) in [6.45, 7) is 5.14. The van der Waals surface area contributed by atoms with Crippen molar-refractivity contribution in [1.82, 2.24) is 15.2 Å². The SMILES string of the molecule is CC12CCN(C/C=C/c3ccc(Cl)cc3)CC1c1cc(Cl)ccc1N2C(=O)NCc1ccnc(Cl)c1. The Morgan fingerprint density at radius 3 is 2.67 bits per heavy atom. The first-order valence-electron chi connectivity index (χ1n) is 12.0. The van der Waals surface area contributed by atoms with Crippen LogP contribution in [0.1, 0.15) is 36.0 Å². The summed E-state index contributed by atoms with van der Waals surface area (Å²) < 4.78 is 0. The first kappa shape index (κ1) is 25.1. The number of nitrogens with zero attached hydrogens (tertiary/aromatic N) is 3. The average Bonchev–Trinajstić information content (AvgIpc) is 3.11. The number of amides is 2. The van der Waals surface area contributed by atoms with E-state index in [1.165, 1.54) is 0 Å². The highest BCUT2D eigenvalue weighted by Gasteiger charge is 2.53. The molecule has 2 aliphatic heterocycles. The van der Waals surface area contributed by atoms with Crippen LogP contribution in [-0.2, 0) is 6.54 Å². The van der Waals surface area contributed by atoms with Gasteiger partial charge in [-0.05, 0) is 72.5 Å². The predicted molar refractivity (Wildman–Crippen MR) is 148 cm³/mol. The van der Waals surface area contributed by atoms with Gasteiger partial charge in [0, 0.05) is 54.0 Å². The summed E-state index contributed by atoms with van der Waals surface area (Å²) in [4.78, 5) is 21.9. The number of hydrogen-bond acceptors (Lipinski definition) is 3. The van der Waals surface area contributed by atoms with Crippen LogP contribution < -0.4 is 10.2 Å². The van der Waals surface area contributed by atoms with Crippen molar-refractivity contribution in [2.75, 3.05) is 24.5 Å². The summed E-state index contributed by atoms with van der Waals surface area (Å²) >= 11 is 18.4. The van der Waals surface area contributed by atoms with Gasteiger partial charge in [0.05, 0.1) is 5.54 Å². The third-order valence-corrected chi connectivity index (χ3v) is 7.92. The summed E-state index contributed by atoms with van der Waals surface area (Å²) in [7, 11) is 0. The number of fused-ring (bicyclic) bond motifs is 3. The second kappa shape index (κ2) is 10.4. The van der Waals surface area contributed by atoms with Gasteiger partial charge in [-0.1, -0.05) is 59.1 Å². The molecule has 0 saturated carbocycles. The van der Waals surface area contributed by atoms with Crippen LogP contribution in [0, 0.1) is 0 Å². The van der Waals surface area contributed by atoms with E-state index in [0.717, 1.165) is 53.5 Å². The zero-order valence-electron chi connectivity index (χ0n) is 19.9. The molecule has 1 fully saturated rings. The summed E-state index contributed by atoms with van der Waals surface area (Å²) in [5.41, 5.74) is 3.73. The smallest absolute Gasteiger partial charge is 0.322 e. The second-order valence-electron chi connectivity index (χ2n) is 9.56. The van der Waals surface area contributed by atoms with Gasteiger partial charge in [0.2, 0.25) is 0 Å². The lowest BCUT2D eigenvalue weighted by atomic mass is 9.78. The molecular weight excluding hydrogens is 515 g/mol. The van der Waals surface area contributed by atoms with Crippen molar-refractivity contribution >= 4 is 52.6 Å². The summed E-state index contributed by atoms with van der Waals surface area (Å²) in [6, 6.07) is 17.2. The summed E-state index contributed by atoms with van der Waals surface area (Å²) in [6.07, 6.45) is 6.80. The molecule has 8 heteroatoms. The van der Waals surface area contributed by atoms with Crippen LogP contribution in [0.15, 0.2) is 66.9 Å². The Morgan fingerprint density at radius 2 is 1.89 bits per heavy atom. The van der Waals surface area contributed by atoms with E-state index < -0.39 is 0 Å². The first-order chi connectivity index (χ1) is 17.3. The Bertz CT molecular complexity index is 1300. The van der Waals surface area contributed by atoms with E-state index in [-0.39, 0.29) is 17.5 Å². The van der Waals surface area contributed by atoms with Gasteiger partial charge in [-0.3, -0.25) is 9.80 Å². The fraction of sp³-hybridized carbons (Fsp3) is 0.286. The van der Waals surface area contributed by atoms with Crippen LogP contribution in [0.4, 0.5) is 10.5 Å². The third kappa shape index (κ3) is 5.12. The minimum Gasteiger partial charge on any atom is -0.334 e. The number of pyridine rings is 1. The predicted octanol–water partition coefficient (Wildman–Crippen LogP) is 7.03. The van der Waals surface area contributed by atoms with Crippen LogP contribution in [0.5, 0.6) is 0 Å². The molecule has 5 rings (SSSR count). The molecule has 2 atom stereocenters. The minimum atomic E-state index is -0.344. The van der Waals surface area contributed by atoms with Gasteiger partial charge in [-0.2, -0.15) is 0 Å². The highest BCUT2D eigenvalue weighted by atomic mass is 35.5. The standard InChI is InChI=1S/C28H27Cl3N4O/c1-28-11-14-34(13-2-3-19-4-6-21(29)7-5-19)18-24(28)23-16-22(30)8-9-25(23)35(28)27(36)33-17-20-10-12-32-26(31)15-20/h2-10,12,15-16,24H,11,13-14,17-18H2,1H3,(H,33,36)/b3-2+. The Kier molecular flexibility index (Phi) is 7.27. The van der Waals surface area contributed by atoms with Crippen molar-refractivity contribution in [3.05, 3.63) is 98.8 Å². The maximum absolute atomic E-state index is 13.5. The fourth-order valence-electron chi connectivity index (χ4n) is 5.32. The van der Waals surface area contributed by atoms with E-state index in [0.29, 0.717) is 16.7 Å². The number of anilines is 1. The number of benzene rings is 2. The number of nitrogens with one attached hydrogen (secondary N) is 1. The van der Waals surface area contributed by atoms with Gasteiger partial charge in [-0.15, -0.1) is 0 Å². The Morgan fingerprint density at radius 1 is 1.11 bits per heavy atom. The van der Waals surface area contributed by atoms with Crippen molar-refractivity contribution in [1.29, 1.82) is 0 Å². The zero-order valence-corrected chi connectivity index (χ0v) is 22.2. The van der Waals surface area contributed by atoms with Gasteiger partial charge >= 0.3 is 6.03 Å². The van der Waals surface area contributed by atoms with E-state index in [9.17, 15) is 4.79 Å². The highest BCUT2D eigenvalue weighted by molar-refractivity contribution is 6.31. The lowest BCUT2D eigenvalue weighted by Crippen LogP contribution is -2.58. The molecule has 1 saturated heterocycles. The molecule has 2 amide bonds. The normalized spacial score (nSPS) is 21.4. The van der Waals surface area contributed by atoms with E-state index in [4.69, 9.17) is 34.8 Å². The molecule has 2 aliphatic rings. The molecular formula is C28H27Cl3N4O. The molecule has 0 spiro atoms. The fourth-order valence-corrected chi connectivity index (χ4v) is 5.82. The topological polar surface area (TPSA) is 48.5 Å². The molecule has 2 unspecified atom stereocenters. The minimum absolute atomic E-state index is 0.118. The van der Waals surface area contributed by atoms with Gasteiger partial charge in [0.25, 0.3) is 0 Å². The number of aromatic nitrogens is 1. The van der Waals surface area contributed by atoms with Gasteiger partial charge in [0.1, 0.15) is 5.15 Å². The van der Waals surface area contributed by atoms with E-state index in [2.05, 4.69) is 34.3 Å². The van der Waals surface area contributed by atoms with Crippen LogP contribution >= 0.6 is 34.8 Å². The largest absolute Gasteiger partial charge is 0.334 e. The average molecular weight is 542 g/mol. The molecule has 0 bridgehead atoms. The van der Waals surface area contributed by atoms with Crippen molar-refractivity contribution < 1.29 is 4.79 Å². The number of rotatable bonds is 5. The maximum atomic E-state index is 13.5. The lowest BCUT2D eigenvalue weighted by molar-refractivity contribution is 0.160. The monoisotopic (exact) mass is 540 g/mol. The Hall–Kier alpha value is -2.57. The molecule has 3 aromatic rings. The van der Waals surface area contributed by atoms with Crippen LogP contribution in [0.3, 0.4) is 0 Å². The molecule has 0 radical (unpaired) electrons. The maximum Gasteiger partial charge on any atom is 0.322 e. The van der Waals surface area contributed by atoms with E-state index in [1.807, 2.05) is 53.4 Å². The summed E-state index contributed by atoms with van der Waals surface area (Å²) in [5.74, 6) is 0.157. The quantitative estimate of drug-likeness (QED) is 0.353. The zero-order chi connectivity index (χ0) is 25.3.